The van der Waals surface area contributed by atoms with E-state index in [1.54, 1.807) is 0 Å². The lowest BCUT2D eigenvalue weighted by Crippen LogP contribution is -2.38. The van der Waals surface area contributed by atoms with Gasteiger partial charge in [-0.15, -0.1) is 0 Å². The molecule has 3 rings (SSSR count). The summed E-state index contributed by atoms with van der Waals surface area (Å²) < 4.78 is 0. The first kappa shape index (κ1) is 14.6. The zero-order chi connectivity index (χ0) is 15.5. The number of carbonyl (C=O) groups excluding carboxylic acids is 1. The van der Waals surface area contributed by atoms with E-state index >= 15 is 0 Å². The summed E-state index contributed by atoms with van der Waals surface area (Å²) in [6, 6.07) is 13.8. The third-order valence-corrected chi connectivity index (χ3v) is 4.36. The Morgan fingerprint density at radius 1 is 1.05 bits per heavy atom. The quantitative estimate of drug-likeness (QED) is 0.946. The number of rotatable bonds is 3. The Bertz CT molecular complexity index is 702. The molecule has 1 fully saturated rings. The third kappa shape index (κ3) is 3.11. The molecule has 2 aromatic carbocycles. The first-order valence-corrected chi connectivity index (χ1v) is 7.63. The van der Waals surface area contributed by atoms with Crippen molar-refractivity contribution in [2.24, 2.45) is 5.92 Å². The summed E-state index contributed by atoms with van der Waals surface area (Å²) in [6.45, 7) is 1.28. The highest BCUT2D eigenvalue weighted by molar-refractivity contribution is 5.98. The van der Waals surface area contributed by atoms with Crippen molar-refractivity contribution in [3.8, 4) is 0 Å². The van der Waals surface area contributed by atoms with Gasteiger partial charge in [0.25, 0.3) is 5.91 Å². The zero-order valence-electron chi connectivity index (χ0n) is 12.4. The van der Waals surface area contributed by atoms with E-state index in [4.69, 9.17) is 5.11 Å². The molecular formula is C18H19NO3. The summed E-state index contributed by atoms with van der Waals surface area (Å²) in [7, 11) is 0. The van der Waals surface area contributed by atoms with Crippen molar-refractivity contribution >= 4 is 22.6 Å². The van der Waals surface area contributed by atoms with Crippen LogP contribution in [0.25, 0.3) is 10.8 Å². The monoisotopic (exact) mass is 297 g/mol. The topological polar surface area (TPSA) is 57.6 Å². The Kier molecular flexibility index (Phi) is 4.09. The lowest BCUT2D eigenvalue weighted by Gasteiger charge is -2.31. The molecule has 4 heteroatoms. The van der Waals surface area contributed by atoms with E-state index in [1.807, 2.05) is 47.4 Å². The van der Waals surface area contributed by atoms with Gasteiger partial charge in [-0.1, -0.05) is 30.3 Å². The van der Waals surface area contributed by atoms with Gasteiger partial charge in [-0.3, -0.25) is 9.59 Å². The Hall–Kier alpha value is -2.36. The van der Waals surface area contributed by atoms with Crippen LogP contribution in [0.2, 0.25) is 0 Å². The molecule has 1 N–H and O–H groups in total. The van der Waals surface area contributed by atoms with Gasteiger partial charge in [-0.2, -0.15) is 0 Å². The molecule has 114 valence electrons. The molecule has 0 unspecified atom stereocenters. The molecule has 0 radical (unpaired) electrons. The largest absolute Gasteiger partial charge is 0.481 e. The molecule has 1 saturated heterocycles. The van der Waals surface area contributed by atoms with Crippen LogP contribution in [0.1, 0.15) is 29.6 Å². The Morgan fingerprint density at radius 3 is 2.41 bits per heavy atom. The number of benzene rings is 2. The minimum absolute atomic E-state index is 0.0412. The normalized spacial score (nSPS) is 15.9. The van der Waals surface area contributed by atoms with Crippen LogP contribution in [-0.2, 0) is 4.79 Å². The molecule has 0 atom stereocenters. The van der Waals surface area contributed by atoms with Gasteiger partial charge in [0.2, 0.25) is 0 Å². The fourth-order valence-corrected chi connectivity index (χ4v) is 3.09. The van der Waals surface area contributed by atoms with E-state index in [0.717, 1.165) is 23.6 Å². The number of carboxylic acids is 1. The molecule has 0 spiro atoms. The maximum atomic E-state index is 12.6. The van der Waals surface area contributed by atoms with Crippen LogP contribution in [0, 0.1) is 5.92 Å². The smallest absolute Gasteiger partial charge is 0.303 e. The number of nitrogens with zero attached hydrogens (tertiary/aromatic N) is 1. The average molecular weight is 297 g/mol. The summed E-state index contributed by atoms with van der Waals surface area (Å²) in [5.74, 6) is -0.517. The van der Waals surface area contributed by atoms with Crippen molar-refractivity contribution < 1.29 is 14.7 Å². The van der Waals surface area contributed by atoms with E-state index in [-0.39, 0.29) is 18.2 Å². The van der Waals surface area contributed by atoms with E-state index in [9.17, 15) is 9.59 Å². The molecular weight excluding hydrogens is 278 g/mol. The standard InChI is InChI=1S/C18H19NO3/c20-17(21)11-13-7-9-19(10-8-13)18(22)16-6-5-14-3-1-2-4-15(14)12-16/h1-6,12-13H,7-11H2,(H,20,21). The Morgan fingerprint density at radius 2 is 1.73 bits per heavy atom. The van der Waals surface area contributed by atoms with E-state index in [0.29, 0.717) is 18.7 Å². The van der Waals surface area contributed by atoms with Crippen molar-refractivity contribution in [2.75, 3.05) is 13.1 Å². The number of hydrogen-bond donors (Lipinski definition) is 1. The van der Waals surface area contributed by atoms with Crippen LogP contribution in [-0.4, -0.2) is 35.0 Å². The highest BCUT2D eigenvalue weighted by Gasteiger charge is 2.25. The molecule has 22 heavy (non-hydrogen) atoms. The van der Waals surface area contributed by atoms with E-state index in [1.165, 1.54) is 0 Å². The molecule has 0 aromatic heterocycles. The van der Waals surface area contributed by atoms with Gasteiger partial charge in [-0.25, -0.2) is 0 Å². The van der Waals surface area contributed by atoms with Gasteiger partial charge in [0, 0.05) is 25.1 Å². The second kappa shape index (κ2) is 6.18. The molecule has 1 heterocycles. The number of carbonyl (C=O) groups is 2. The highest BCUT2D eigenvalue weighted by Crippen LogP contribution is 2.23. The minimum atomic E-state index is -0.751. The van der Waals surface area contributed by atoms with Crippen LogP contribution in [0.5, 0.6) is 0 Å². The fraction of sp³-hybridized carbons (Fsp3) is 0.333. The third-order valence-electron chi connectivity index (χ3n) is 4.36. The summed E-state index contributed by atoms with van der Waals surface area (Å²) in [5.41, 5.74) is 0.704. The molecule has 0 bridgehead atoms. The zero-order valence-corrected chi connectivity index (χ0v) is 12.4. The lowest BCUT2D eigenvalue weighted by atomic mass is 9.93. The van der Waals surface area contributed by atoms with Crippen LogP contribution in [0.4, 0.5) is 0 Å². The van der Waals surface area contributed by atoms with Crippen LogP contribution < -0.4 is 0 Å². The van der Waals surface area contributed by atoms with Crippen molar-refractivity contribution in [2.45, 2.75) is 19.3 Å². The number of piperidine rings is 1. The predicted molar refractivity (Wildman–Crippen MR) is 84.8 cm³/mol. The first-order chi connectivity index (χ1) is 10.6. The lowest BCUT2D eigenvalue weighted by molar-refractivity contribution is -0.138. The summed E-state index contributed by atoms with van der Waals surface area (Å²) in [5, 5.41) is 11.0. The second-order valence-electron chi connectivity index (χ2n) is 5.90. The molecule has 2 aromatic rings. The minimum Gasteiger partial charge on any atom is -0.481 e. The summed E-state index contributed by atoms with van der Waals surface area (Å²) >= 11 is 0. The molecule has 1 aliphatic heterocycles. The van der Waals surface area contributed by atoms with E-state index in [2.05, 4.69) is 0 Å². The number of likely N-dealkylation sites (tertiary alicyclic amines) is 1. The Balaban J connectivity index is 1.69. The van der Waals surface area contributed by atoms with Gasteiger partial charge in [0.15, 0.2) is 0 Å². The van der Waals surface area contributed by atoms with Crippen LogP contribution in [0.3, 0.4) is 0 Å². The summed E-state index contributed by atoms with van der Waals surface area (Å²) in [6.07, 6.45) is 1.75. The molecule has 0 saturated carbocycles. The van der Waals surface area contributed by atoms with Crippen molar-refractivity contribution in [1.82, 2.24) is 4.90 Å². The van der Waals surface area contributed by atoms with Gasteiger partial charge in [-0.05, 0) is 41.7 Å². The van der Waals surface area contributed by atoms with Crippen molar-refractivity contribution in [3.05, 3.63) is 48.0 Å². The number of carboxylic acid groups (broad SMARTS) is 1. The fourth-order valence-electron chi connectivity index (χ4n) is 3.09. The first-order valence-electron chi connectivity index (χ1n) is 7.63. The molecule has 0 aliphatic carbocycles. The van der Waals surface area contributed by atoms with Crippen molar-refractivity contribution in [3.63, 3.8) is 0 Å². The van der Waals surface area contributed by atoms with Crippen LogP contribution in [0.15, 0.2) is 42.5 Å². The van der Waals surface area contributed by atoms with Crippen molar-refractivity contribution in [1.29, 1.82) is 0 Å². The highest BCUT2D eigenvalue weighted by atomic mass is 16.4. The Labute approximate surface area is 129 Å². The van der Waals surface area contributed by atoms with Gasteiger partial charge < -0.3 is 10.0 Å². The SMILES string of the molecule is O=C(O)CC1CCN(C(=O)c2ccc3ccccc3c2)CC1. The average Bonchev–Trinajstić information content (AvgIpc) is 2.54. The number of aliphatic carboxylic acids is 1. The van der Waals surface area contributed by atoms with Gasteiger partial charge in [0.1, 0.15) is 0 Å². The van der Waals surface area contributed by atoms with Gasteiger partial charge in [0.05, 0.1) is 0 Å². The summed E-state index contributed by atoms with van der Waals surface area (Å²) in [4.78, 5) is 25.2. The maximum absolute atomic E-state index is 12.6. The second-order valence-corrected chi connectivity index (χ2v) is 5.90. The number of fused-ring (bicyclic) bond motifs is 1. The number of hydrogen-bond acceptors (Lipinski definition) is 2. The predicted octanol–water partition coefficient (Wildman–Crippen LogP) is 3.17. The van der Waals surface area contributed by atoms with Crippen LogP contribution >= 0.6 is 0 Å². The van der Waals surface area contributed by atoms with Gasteiger partial charge >= 0.3 is 5.97 Å². The molecule has 1 aliphatic rings. The molecule has 4 nitrogen and oxygen atoms in total. The maximum Gasteiger partial charge on any atom is 0.303 e. The molecule has 1 amide bonds. The van der Waals surface area contributed by atoms with E-state index < -0.39 is 5.97 Å². The number of amides is 1.